The van der Waals surface area contributed by atoms with Crippen LogP contribution in [0.1, 0.15) is 33.2 Å². The Balaban J connectivity index is 1.52. The van der Waals surface area contributed by atoms with Gasteiger partial charge in [0.1, 0.15) is 0 Å². The van der Waals surface area contributed by atoms with E-state index in [2.05, 4.69) is 39.1 Å². The minimum atomic E-state index is -0.239. The lowest BCUT2D eigenvalue weighted by Gasteiger charge is -2.36. The number of para-hydroxylation sites is 1. The number of nitrogens with zero attached hydrogens (tertiary/aromatic N) is 1. The number of hydrogen-bond acceptors (Lipinski definition) is 3. The van der Waals surface area contributed by atoms with Crippen LogP contribution in [0.5, 0.6) is 11.5 Å². The van der Waals surface area contributed by atoms with Crippen LogP contribution < -0.4 is 9.47 Å². The first-order chi connectivity index (χ1) is 15.2. The van der Waals surface area contributed by atoms with Crippen molar-refractivity contribution < 1.29 is 14.3 Å². The summed E-state index contributed by atoms with van der Waals surface area (Å²) in [6.07, 6.45) is 0.806. The summed E-state index contributed by atoms with van der Waals surface area (Å²) in [5.41, 5.74) is 5.10. The third-order valence-electron chi connectivity index (χ3n) is 6.08. The summed E-state index contributed by atoms with van der Waals surface area (Å²) < 4.78 is 12.0. The molecule has 1 atom stereocenters. The Kier molecular flexibility index (Phi) is 4.28. The Morgan fingerprint density at radius 1 is 1.00 bits per heavy atom. The number of halogens is 1. The standard InChI is InChI=1S/C25H19BrN2O3/c26-17-5-3-4-16(12-17)25(29)28-11-10-19-18-6-1-2-7-20(18)27-23(19)24(28)15-8-9-21-22(13-15)31-14-30-21/h1-9,12-13,24,27H,10-11,14H2/t24-/m0/s1. The van der Waals surface area contributed by atoms with Gasteiger partial charge in [-0.2, -0.15) is 0 Å². The summed E-state index contributed by atoms with van der Waals surface area (Å²) >= 11 is 3.49. The molecule has 1 aromatic heterocycles. The van der Waals surface area contributed by atoms with Crippen LogP contribution in [-0.2, 0) is 6.42 Å². The molecule has 1 N–H and O–H groups in total. The van der Waals surface area contributed by atoms with Crippen molar-refractivity contribution >= 4 is 32.7 Å². The molecule has 154 valence electrons. The van der Waals surface area contributed by atoms with Crippen molar-refractivity contribution in [3.8, 4) is 11.5 Å². The molecule has 0 radical (unpaired) electrons. The van der Waals surface area contributed by atoms with Crippen LogP contribution >= 0.6 is 15.9 Å². The molecular weight excluding hydrogens is 456 g/mol. The maximum absolute atomic E-state index is 13.6. The number of benzene rings is 3. The summed E-state index contributed by atoms with van der Waals surface area (Å²) in [5.74, 6) is 1.46. The van der Waals surface area contributed by atoms with E-state index in [4.69, 9.17) is 9.47 Å². The molecule has 31 heavy (non-hydrogen) atoms. The summed E-state index contributed by atoms with van der Waals surface area (Å²) in [5, 5.41) is 1.22. The minimum Gasteiger partial charge on any atom is -0.454 e. The van der Waals surface area contributed by atoms with E-state index in [1.807, 2.05) is 53.4 Å². The minimum absolute atomic E-state index is 0.00766. The van der Waals surface area contributed by atoms with Crippen molar-refractivity contribution in [3.05, 3.63) is 93.6 Å². The fraction of sp³-hybridized carbons (Fsp3) is 0.160. The lowest BCUT2D eigenvalue weighted by atomic mass is 9.91. The van der Waals surface area contributed by atoms with E-state index in [1.54, 1.807) is 0 Å². The van der Waals surface area contributed by atoms with E-state index in [1.165, 1.54) is 10.9 Å². The number of nitrogens with one attached hydrogen (secondary N) is 1. The molecule has 0 spiro atoms. The number of rotatable bonds is 2. The molecule has 3 heterocycles. The van der Waals surface area contributed by atoms with Gasteiger partial charge in [-0.15, -0.1) is 0 Å². The Bertz CT molecular complexity index is 1330. The number of carbonyl (C=O) groups is 1. The van der Waals surface area contributed by atoms with Crippen molar-refractivity contribution in [1.29, 1.82) is 0 Å². The quantitative estimate of drug-likeness (QED) is 0.420. The maximum atomic E-state index is 13.6. The summed E-state index contributed by atoms with van der Waals surface area (Å²) in [6, 6.07) is 21.6. The number of aromatic nitrogens is 1. The smallest absolute Gasteiger partial charge is 0.254 e. The van der Waals surface area contributed by atoms with Gasteiger partial charge in [-0.05, 0) is 53.9 Å². The fourth-order valence-corrected chi connectivity index (χ4v) is 5.08. The molecule has 2 aliphatic heterocycles. The average Bonchev–Trinajstić information content (AvgIpc) is 3.41. The fourth-order valence-electron chi connectivity index (χ4n) is 4.68. The van der Waals surface area contributed by atoms with Crippen LogP contribution in [0.4, 0.5) is 0 Å². The second-order valence-electron chi connectivity index (χ2n) is 7.84. The molecule has 6 heteroatoms. The Labute approximate surface area is 187 Å². The molecule has 0 aliphatic carbocycles. The van der Waals surface area contributed by atoms with E-state index in [-0.39, 0.29) is 18.7 Å². The first kappa shape index (κ1) is 18.5. The molecule has 1 amide bonds. The van der Waals surface area contributed by atoms with E-state index < -0.39 is 0 Å². The highest BCUT2D eigenvalue weighted by Gasteiger charge is 2.35. The lowest BCUT2D eigenvalue weighted by Crippen LogP contribution is -2.40. The van der Waals surface area contributed by atoms with Crippen LogP contribution in [-0.4, -0.2) is 29.1 Å². The van der Waals surface area contributed by atoms with Crippen molar-refractivity contribution in [2.45, 2.75) is 12.5 Å². The van der Waals surface area contributed by atoms with Gasteiger partial charge in [0.15, 0.2) is 11.5 Å². The Hall–Kier alpha value is -3.25. The number of fused-ring (bicyclic) bond motifs is 4. The number of amides is 1. The molecule has 0 fully saturated rings. The van der Waals surface area contributed by atoms with Gasteiger partial charge in [-0.25, -0.2) is 0 Å². The second kappa shape index (κ2) is 7.17. The molecule has 3 aromatic carbocycles. The zero-order chi connectivity index (χ0) is 20.9. The average molecular weight is 475 g/mol. The number of ether oxygens (including phenoxy) is 2. The van der Waals surface area contributed by atoms with Gasteiger partial charge in [-0.1, -0.05) is 46.3 Å². The Morgan fingerprint density at radius 3 is 2.77 bits per heavy atom. The number of H-pyrrole nitrogens is 1. The molecule has 5 nitrogen and oxygen atoms in total. The molecule has 2 aliphatic rings. The largest absolute Gasteiger partial charge is 0.454 e. The Morgan fingerprint density at radius 2 is 1.87 bits per heavy atom. The molecule has 0 unspecified atom stereocenters. The molecule has 6 rings (SSSR count). The third kappa shape index (κ3) is 3.01. The zero-order valence-corrected chi connectivity index (χ0v) is 18.2. The van der Waals surface area contributed by atoms with E-state index in [9.17, 15) is 4.79 Å². The highest BCUT2D eigenvalue weighted by molar-refractivity contribution is 9.10. The van der Waals surface area contributed by atoms with Gasteiger partial charge < -0.3 is 19.4 Å². The van der Waals surface area contributed by atoms with E-state index in [0.29, 0.717) is 12.1 Å². The van der Waals surface area contributed by atoms with Gasteiger partial charge in [0, 0.05) is 33.2 Å². The van der Waals surface area contributed by atoms with Crippen LogP contribution in [0, 0.1) is 0 Å². The molecular formula is C25H19BrN2O3. The van der Waals surface area contributed by atoms with Crippen LogP contribution in [0.2, 0.25) is 0 Å². The van der Waals surface area contributed by atoms with Crippen molar-refractivity contribution in [1.82, 2.24) is 9.88 Å². The second-order valence-corrected chi connectivity index (χ2v) is 8.75. The van der Waals surface area contributed by atoms with Crippen molar-refractivity contribution in [2.75, 3.05) is 13.3 Å². The van der Waals surface area contributed by atoms with Gasteiger partial charge in [-0.3, -0.25) is 4.79 Å². The highest BCUT2D eigenvalue weighted by Crippen LogP contribution is 2.42. The van der Waals surface area contributed by atoms with Gasteiger partial charge >= 0.3 is 0 Å². The highest BCUT2D eigenvalue weighted by atomic mass is 79.9. The maximum Gasteiger partial charge on any atom is 0.254 e. The van der Waals surface area contributed by atoms with E-state index >= 15 is 0 Å². The molecule has 0 saturated carbocycles. The topological polar surface area (TPSA) is 54.6 Å². The monoisotopic (exact) mass is 474 g/mol. The van der Waals surface area contributed by atoms with Crippen LogP contribution in [0.25, 0.3) is 10.9 Å². The molecule has 0 bridgehead atoms. The first-order valence-corrected chi connectivity index (χ1v) is 11.0. The van der Waals surface area contributed by atoms with Crippen molar-refractivity contribution in [3.63, 3.8) is 0 Å². The van der Waals surface area contributed by atoms with Gasteiger partial charge in [0.2, 0.25) is 6.79 Å². The number of hydrogen-bond donors (Lipinski definition) is 1. The number of aromatic amines is 1. The van der Waals surface area contributed by atoms with Crippen LogP contribution in [0.3, 0.4) is 0 Å². The summed E-state index contributed by atoms with van der Waals surface area (Å²) in [7, 11) is 0. The normalized spacial score (nSPS) is 17.1. The zero-order valence-electron chi connectivity index (χ0n) is 16.6. The summed E-state index contributed by atoms with van der Waals surface area (Å²) in [4.78, 5) is 19.2. The van der Waals surface area contributed by atoms with E-state index in [0.717, 1.165) is 39.2 Å². The van der Waals surface area contributed by atoms with Crippen molar-refractivity contribution in [2.24, 2.45) is 0 Å². The third-order valence-corrected chi connectivity index (χ3v) is 6.57. The molecule has 4 aromatic rings. The predicted octanol–water partition coefficient (Wildman–Crippen LogP) is 5.45. The van der Waals surface area contributed by atoms with Gasteiger partial charge in [0.05, 0.1) is 6.04 Å². The molecule has 0 saturated heterocycles. The predicted molar refractivity (Wildman–Crippen MR) is 122 cm³/mol. The lowest BCUT2D eigenvalue weighted by molar-refractivity contribution is 0.0691. The number of carbonyl (C=O) groups excluding carboxylic acids is 1. The van der Waals surface area contributed by atoms with Crippen LogP contribution in [0.15, 0.2) is 71.2 Å². The SMILES string of the molecule is O=C(c1cccc(Br)c1)N1CCc2c([nH]c3ccccc23)[C@@H]1c1ccc2c(c1)OCO2. The summed E-state index contributed by atoms with van der Waals surface area (Å²) in [6.45, 7) is 0.862. The first-order valence-electron chi connectivity index (χ1n) is 10.2. The van der Waals surface area contributed by atoms with Gasteiger partial charge in [0.25, 0.3) is 5.91 Å².